The van der Waals surface area contributed by atoms with Gasteiger partial charge in [-0.3, -0.25) is 4.79 Å². The van der Waals surface area contributed by atoms with Crippen LogP contribution in [0.1, 0.15) is 51.1 Å². The third kappa shape index (κ3) is 5.10. The standard InChI is InChI=1S/C18H26Cl2N2O/c1-3-10-22(18(23)7-4-14-8-9-21-12-14)13(2)15-5-6-16(19)17(20)11-15/h5-6,11,13-14,21H,3-4,7-10,12H2,1-2H3. The first-order valence-corrected chi connectivity index (χ1v) is 9.23. The van der Waals surface area contributed by atoms with Crippen LogP contribution in [0.3, 0.4) is 0 Å². The molecule has 1 aliphatic heterocycles. The maximum absolute atomic E-state index is 12.7. The van der Waals surface area contributed by atoms with Gasteiger partial charge in [-0.1, -0.05) is 36.2 Å². The van der Waals surface area contributed by atoms with Gasteiger partial charge in [-0.05, 0) is 62.9 Å². The van der Waals surface area contributed by atoms with Gasteiger partial charge in [0.05, 0.1) is 16.1 Å². The van der Waals surface area contributed by atoms with Crippen molar-refractivity contribution in [2.45, 2.75) is 45.6 Å². The highest BCUT2D eigenvalue weighted by Crippen LogP contribution is 2.29. The van der Waals surface area contributed by atoms with E-state index in [4.69, 9.17) is 23.2 Å². The molecule has 1 N–H and O–H groups in total. The molecule has 2 rings (SSSR count). The summed E-state index contributed by atoms with van der Waals surface area (Å²) >= 11 is 12.1. The van der Waals surface area contributed by atoms with E-state index in [0.29, 0.717) is 22.4 Å². The molecule has 3 nitrogen and oxygen atoms in total. The van der Waals surface area contributed by atoms with E-state index in [9.17, 15) is 4.79 Å². The summed E-state index contributed by atoms with van der Waals surface area (Å²) in [6.45, 7) is 7.05. The minimum atomic E-state index is 0.0129. The number of hydrogen-bond donors (Lipinski definition) is 1. The average molecular weight is 357 g/mol. The Morgan fingerprint density at radius 2 is 2.17 bits per heavy atom. The van der Waals surface area contributed by atoms with Crippen molar-refractivity contribution in [3.05, 3.63) is 33.8 Å². The summed E-state index contributed by atoms with van der Waals surface area (Å²) in [6, 6.07) is 5.63. The fourth-order valence-electron chi connectivity index (χ4n) is 3.16. The number of carbonyl (C=O) groups excluding carboxylic acids is 1. The van der Waals surface area contributed by atoms with Crippen LogP contribution in [0, 0.1) is 5.92 Å². The Morgan fingerprint density at radius 1 is 1.39 bits per heavy atom. The highest BCUT2D eigenvalue weighted by atomic mass is 35.5. The van der Waals surface area contributed by atoms with Crippen LogP contribution in [0.25, 0.3) is 0 Å². The molecule has 1 aliphatic rings. The van der Waals surface area contributed by atoms with Crippen LogP contribution in [0.2, 0.25) is 10.0 Å². The molecule has 0 aromatic heterocycles. The first-order valence-electron chi connectivity index (χ1n) is 8.48. The van der Waals surface area contributed by atoms with Gasteiger partial charge >= 0.3 is 0 Å². The highest BCUT2D eigenvalue weighted by molar-refractivity contribution is 6.42. The van der Waals surface area contributed by atoms with Crippen molar-refractivity contribution in [1.29, 1.82) is 0 Å². The molecule has 0 aliphatic carbocycles. The Labute approximate surface area is 149 Å². The van der Waals surface area contributed by atoms with E-state index in [-0.39, 0.29) is 11.9 Å². The molecule has 2 unspecified atom stereocenters. The Balaban J connectivity index is 2.02. The number of hydrogen-bond acceptors (Lipinski definition) is 2. The lowest BCUT2D eigenvalue weighted by Gasteiger charge is -2.30. The van der Waals surface area contributed by atoms with E-state index in [1.807, 2.05) is 17.0 Å². The molecule has 1 saturated heterocycles. The SMILES string of the molecule is CCCN(C(=O)CCC1CCNC1)C(C)c1ccc(Cl)c(Cl)c1. The molecule has 5 heteroatoms. The lowest BCUT2D eigenvalue weighted by molar-refractivity contribution is -0.133. The van der Waals surface area contributed by atoms with E-state index in [2.05, 4.69) is 19.2 Å². The van der Waals surface area contributed by atoms with Gasteiger partial charge < -0.3 is 10.2 Å². The molecular weight excluding hydrogens is 331 g/mol. The zero-order valence-corrected chi connectivity index (χ0v) is 15.5. The van der Waals surface area contributed by atoms with Crippen molar-refractivity contribution in [3.8, 4) is 0 Å². The Hall–Kier alpha value is -0.770. The fourth-order valence-corrected chi connectivity index (χ4v) is 3.47. The second-order valence-corrected chi connectivity index (χ2v) is 7.15. The predicted molar refractivity (Wildman–Crippen MR) is 97.1 cm³/mol. The predicted octanol–water partition coefficient (Wildman–Crippen LogP) is 4.68. The second-order valence-electron chi connectivity index (χ2n) is 6.33. The number of nitrogens with zero attached hydrogens (tertiary/aromatic N) is 1. The van der Waals surface area contributed by atoms with Crippen LogP contribution in [0.5, 0.6) is 0 Å². The summed E-state index contributed by atoms with van der Waals surface area (Å²) in [5.74, 6) is 0.875. The molecule has 0 saturated carbocycles. The minimum Gasteiger partial charge on any atom is -0.336 e. The summed E-state index contributed by atoms with van der Waals surface area (Å²) in [7, 11) is 0. The quantitative estimate of drug-likeness (QED) is 0.768. The zero-order valence-electron chi connectivity index (χ0n) is 13.9. The van der Waals surface area contributed by atoms with E-state index in [1.54, 1.807) is 6.07 Å². The van der Waals surface area contributed by atoms with Gasteiger partial charge in [0, 0.05) is 13.0 Å². The molecular formula is C18H26Cl2N2O. The van der Waals surface area contributed by atoms with Crippen molar-refractivity contribution in [3.63, 3.8) is 0 Å². The van der Waals surface area contributed by atoms with Crippen molar-refractivity contribution < 1.29 is 4.79 Å². The van der Waals surface area contributed by atoms with Crippen LogP contribution in [-0.4, -0.2) is 30.4 Å². The third-order valence-electron chi connectivity index (χ3n) is 4.61. The molecule has 0 radical (unpaired) electrons. The topological polar surface area (TPSA) is 32.3 Å². The van der Waals surface area contributed by atoms with E-state index in [1.165, 1.54) is 6.42 Å². The Bertz CT molecular complexity index is 530. The molecule has 0 spiro atoms. The first kappa shape index (κ1) is 18.6. The first-order chi connectivity index (χ1) is 11.0. The molecule has 1 aromatic carbocycles. The van der Waals surface area contributed by atoms with Gasteiger partial charge in [-0.25, -0.2) is 0 Å². The lowest BCUT2D eigenvalue weighted by Crippen LogP contribution is -2.34. The number of nitrogens with one attached hydrogen (secondary N) is 1. The van der Waals surface area contributed by atoms with Crippen LogP contribution >= 0.6 is 23.2 Å². The van der Waals surface area contributed by atoms with E-state index < -0.39 is 0 Å². The van der Waals surface area contributed by atoms with Crippen molar-refractivity contribution in [1.82, 2.24) is 10.2 Å². The van der Waals surface area contributed by atoms with Gasteiger partial charge in [0.1, 0.15) is 0 Å². The van der Waals surface area contributed by atoms with Crippen LogP contribution in [0.15, 0.2) is 18.2 Å². The van der Waals surface area contributed by atoms with Crippen molar-refractivity contribution >= 4 is 29.1 Å². The Kier molecular flexibility index (Phi) is 7.19. The summed E-state index contributed by atoms with van der Waals surface area (Å²) in [6.07, 6.45) is 3.73. The molecule has 2 atom stereocenters. The van der Waals surface area contributed by atoms with E-state index in [0.717, 1.165) is 38.0 Å². The molecule has 1 aromatic rings. The number of rotatable bonds is 7. The highest BCUT2D eigenvalue weighted by Gasteiger charge is 2.23. The monoisotopic (exact) mass is 356 g/mol. The van der Waals surface area contributed by atoms with Gasteiger partial charge in [0.25, 0.3) is 0 Å². The van der Waals surface area contributed by atoms with Crippen molar-refractivity contribution in [2.24, 2.45) is 5.92 Å². The minimum absolute atomic E-state index is 0.0129. The fraction of sp³-hybridized carbons (Fsp3) is 0.611. The maximum atomic E-state index is 12.7. The maximum Gasteiger partial charge on any atom is 0.223 e. The van der Waals surface area contributed by atoms with Gasteiger partial charge in [0.2, 0.25) is 5.91 Å². The molecule has 128 valence electrons. The molecule has 1 heterocycles. The van der Waals surface area contributed by atoms with Gasteiger partial charge in [-0.15, -0.1) is 0 Å². The molecule has 1 fully saturated rings. The molecule has 23 heavy (non-hydrogen) atoms. The summed E-state index contributed by atoms with van der Waals surface area (Å²) in [5, 5.41) is 4.44. The largest absolute Gasteiger partial charge is 0.336 e. The van der Waals surface area contributed by atoms with Crippen LogP contribution in [-0.2, 0) is 4.79 Å². The van der Waals surface area contributed by atoms with E-state index >= 15 is 0 Å². The number of amides is 1. The third-order valence-corrected chi connectivity index (χ3v) is 5.35. The molecule has 0 bridgehead atoms. The number of carbonyl (C=O) groups is 1. The number of benzene rings is 1. The Morgan fingerprint density at radius 3 is 2.78 bits per heavy atom. The zero-order chi connectivity index (χ0) is 16.8. The summed E-state index contributed by atoms with van der Waals surface area (Å²) in [4.78, 5) is 14.7. The van der Waals surface area contributed by atoms with Crippen LogP contribution < -0.4 is 5.32 Å². The van der Waals surface area contributed by atoms with Crippen molar-refractivity contribution in [2.75, 3.05) is 19.6 Å². The smallest absolute Gasteiger partial charge is 0.223 e. The van der Waals surface area contributed by atoms with Gasteiger partial charge in [0.15, 0.2) is 0 Å². The van der Waals surface area contributed by atoms with Crippen LogP contribution in [0.4, 0.5) is 0 Å². The lowest BCUT2D eigenvalue weighted by atomic mass is 10.0. The average Bonchev–Trinajstić information content (AvgIpc) is 3.05. The summed E-state index contributed by atoms with van der Waals surface area (Å²) in [5.41, 5.74) is 1.03. The summed E-state index contributed by atoms with van der Waals surface area (Å²) < 4.78 is 0. The second kappa shape index (κ2) is 8.91. The normalized spacial score (nSPS) is 18.9. The van der Waals surface area contributed by atoms with Gasteiger partial charge in [-0.2, -0.15) is 0 Å². The number of halogens is 2. The molecule has 1 amide bonds.